The summed E-state index contributed by atoms with van der Waals surface area (Å²) in [6, 6.07) is 18.3. The van der Waals surface area contributed by atoms with E-state index in [-0.39, 0.29) is 0 Å². The SMILES string of the molecule is COc1cccc(-c2cc3ccccc3cn2)c1. The molecule has 3 aromatic rings. The maximum absolute atomic E-state index is 5.24. The highest BCUT2D eigenvalue weighted by Crippen LogP contribution is 2.24. The van der Waals surface area contributed by atoms with Gasteiger partial charge in [0.1, 0.15) is 5.75 Å². The van der Waals surface area contributed by atoms with E-state index in [0.29, 0.717) is 0 Å². The van der Waals surface area contributed by atoms with Crippen LogP contribution in [0.5, 0.6) is 5.75 Å². The molecular formula is C16H13NO. The van der Waals surface area contributed by atoms with Crippen LogP contribution in [0.1, 0.15) is 0 Å². The number of hydrogen-bond donors (Lipinski definition) is 0. The van der Waals surface area contributed by atoms with E-state index in [0.717, 1.165) is 22.4 Å². The summed E-state index contributed by atoms with van der Waals surface area (Å²) in [5.74, 6) is 0.849. The first kappa shape index (κ1) is 10.8. The monoisotopic (exact) mass is 235 g/mol. The van der Waals surface area contributed by atoms with Gasteiger partial charge in [-0.05, 0) is 23.6 Å². The molecule has 0 bridgehead atoms. The van der Waals surface area contributed by atoms with Gasteiger partial charge in [0.25, 0.3) is 0 Å². The number of nitrogens with zero attached hydrogens (tertiary/aromatic N) is 1. The molecule has 3 rings (SSSR count). The fraction of sp³-hybridized carbons (Fsp3) is 0.0625. The van der Waals surface area contributed by atoms with E-state index in [9.17, 15) is 0 Å². The molecule has 0 unspecified atom stereocenters. The Morgan fingerprint density at radius 1 is 0.889 bits per heavy atom. The molecule has 2 aromatic carbocycles. The molecule has 0 N–H and O–H groups in total. The van der Waals surface area contributed by atoms with E-state index in [1.54, 1.807) is 7.11 Å². The number of pyridine rings is 1. The average Bonchev–Trinajstić information content (AvgIpc) is 2.47. The van der Waals surface area contributed by atoms with E-state index in [1.165, 1.54) is 5.39 Å². The second-order valence-corrected chi connectivity index (χ2v) is 4.15. The van der Waals surface area contributed by atoms with Crippen LogP contribution in [-0.2, 0) is 0 Å². The number of rotatable bonds is 2. The molecular weight excluding hydrogens is 222 g/mol. The lowest BCUT2D eigenvalue weighted by Crippen LogP contribution is -1.86. The second-order valence-electron chi connectivity index (χ2n) is 4.15. The van der Waals surface area contributed by atoms with Crippen molar-refractivity contribution in [3.63, 3.8) is 0 Å². The highest BCUT2D eigenvalue weighted by Gasteiger charge is 2.02. The average molecular weight is 235 g/mol. The van der Waals surface area contributed by atoms with Crippen LogP contribution in [0.25, 0.3) is 22.0 Å². The number of benzene rings is 2. The predicted molar refractivity (Wildman–Crippen MR) is 73.7 cm³/mol. The Morgan fingerprint density at radius 2 is 1.72 bits per heavy atom. The third kappa shape index (κ3) is 1.93. The molecule has 0 aliphatic carbocycles. The molecule has 0 aliphatic heterocycles. The summed E-state index contributed by atoms with van der Waals surface area (Å²) in [6.07, 6.45) is 1.91. The highest BCUT2D eigenvalue weighted by atomic mass is 16.5. The first-order valence-electron chi connectivity index (χ1n) is 5.86. The molecule has 0 atom stereocenters. The van der Waals surface area contributed by atoms with Crippen molar-refractivity contribution in [3.8, 4) is 17.0 Å². The lowest BCUT2D eigenvalue weighted by atomic mass is 10.1. The quantitative estimate of drug-likeness (QED) is 0.671. The van der Waals surface area contributed by atoms with Crippen LogP contribution in [0.2, 0.25) is 0 Å². The van der Waals surface area contributed by atoms with Crippen molar-refractivity contribution < 1.29 is 4.74 Å². The van der Waals surface area contributed by atoms with Crippen LogP contribution in [0.3, 0.4) is 0 Å². The van der Waals surface area contributed by atoms with E-state index < -0.39 is 0 Å². The minimum atomic E-state index is 0.849. The van der Waals surface area contributed by atoms with E-state index in [1.807, 2.05) is 42.6 Å². The Bertz CT molecular complexity index is 691. The van der Waals surface area contributed by atoms with Crippen molar-refractivity contribution in [1.29, 1.82) is 0 Å². The zero-order valence-corrected chi connectivity index (χ0v) is 10.1. The summed E-state index contributed by atoms with van der Waals surface area (Å²) < 4.78 is 5.24. The van der Waals surface area contributed by atoms with Crippen molar-refractivity contribution in [1.82, 2.24) is 4.98 Å². The van der Waals surface area contributed by atoms with Crippen LogP contribution in [0.4, 0.5) is 0 Å². The predicted octanol–water partition coefficient (Wildman–Crippen LogP) is 3.91. The summed E-state index contributed by atoms with van der Waals surface area (Å²) in [6.45, 7) is 0. The molecule has 0 amide bonds. The standard InChI is InChI=1S/C16H13NO/c1-18-15-8-4-7-13(9-15)16-10-12-5-2-3-6-14(12)11-17-16/h2-11H,1H3. The van der Waals surface area contributed by atoms with Crippen LogP contribution in [0.15, 0.2) is 60.8 Å². The normalized spacial score (nSPS) is 10.5. The van der Waals surface area contributed by atoms with Crippen molar-refractivity contribution in [2.45, 2.75) is 0 Å². The molecule has 2 heteroatoms. The zero-order valence-electron chi connectivity index (χ0n) is 10.1. The molecule has 1 heterocycles. The molecule has 0 saturated carbocycles. The topological polar surface area (TPSA) is 22.1 Å². The summed E-state index contributed by atoms with van der Waals surface area (Å²) >= 11 is 0. The smallest absolute Gasteiger partial charge is 0.119 e. The molecule has 18 heavy (non-hydrogen) atoms. The Balaban J connectivity index is 2.13. The zero-order chi connectivity index (χ0) is 12.4. The summed E-state index contributed by atoms with van der Waals surface area (Å²) in [4.78, 5) is 4.50. The summed E-state index contributed by atoms with van der Waals surface area (Å²) in [5, 5.41) is 2.36. The van der Waals surface area contributed by atoms with Gasteiger partial charge in [-0.2, -0.15) is 0 Å². The van der Waals surface area contributed by atoms with E-state index >= 15 is 0 Å². The Morgan fingerprint density at radius 3 is 2.56 bits per heavy atom. The second kappa shape index (κ2) is 4.49. The van der Waals surface area contributed by atoms with Gasteiger partial charge in [-0.3, -0.25) is 4.98 Å². The Labute approximate surface area is 106 Å². The highest BCUT2D eigenvalue weighted by molar-refractivity contribution is 5.85. The lowest BCUT2D eigenvalue weighted by molar-refractivity contribution is 0.415. The van der Waals surface area contributed by atoms with Gasteiger partial charge < -0.3 is 4.74 Å². The first-order valence-corrected chi connectivity index (χ1v) is 5.86. The maximum Gasteiger partial charge on any atom is 0.119 e. The van der Waals surface area contributed by atoms with Crippen LogP contribution < -0.4 is 4.74 Å². The van der Waals surface area contributed by atoms with E-state index in [4.69, 9.17) is 4.74 Å². The first-order chi connectivity index (χ1) is 8.86. The third-order valence-electron chi connectivity index (χ3n) is 3.00. The molecule has 0 aliphatic rings. The minimum Gasteiger partial charge on any atom is -0.497 e. The fourth-order valence-corrected chi connectivity index (χ4v) is 2.02. The van der Waals surface area contributed by atoms with Gasteiger partial charge >= 0.3 is 0 Å². The molecule has 0 fully saturated rings. The van der Waals surface area contributed by atoms with Crippen molar-refractivity contribution in [3.05, 3.63) is 60.8 Å². The Hall–Kier alpha value is -2.35. The molecule has 2 nitrogen and oxygen atoms in total. The van der Waals surface area contributed by atoms with Crippen LogP contribution in [0, 0.1) is 0 Å². The molecule has 0 radical (unpaired) electrons. The van der Waals surface area contributed by atoms with Crippen molar-refractivity contribution in [2.24, 2.45) is 0 Å². The lowest BCUT2D eigenvalue weighted by Gasteiger charge is -2.05. The van der Waals surface area contributed by atoms with Crippen LogP contribution in [-0.4, -0.2) is 12.1 Å². The molecule has 0 spiro atoms. The van der Waals surface area contributed by atoms with E-state index in [2.05, 4.69) is 23.2 Å². The fourth-order valence-electron chi connectivity index (χ4n) is 2.02. The number of fused-ring (bicyclic) bond motifs is 1. The number of ether oxygens (including phenoxy) is 1. The Kier molecular flexibility index (Phi) is 2.69. The number of hydrogen-bond acceptors (Lipinski definition) is 2. The van der Waals surface area contributed by atoms with Gasteiger partial charge in [-0.15, -0.1) is 0 Å². The van der Waals surface area contributed by atoms with Gasteiger partial charge in [0, 0.05) is 17.1 Å². The van der Waals surface area contributed by atoms with Gasteiger partial charge in [0.15, 0.2) is 0 Å². The van der Waals surface area contributed by atoms with Crippen molar-refractivity contribution in [2.75, 3.05) is 7.11 Å². The molecule has 1 aromatic heterocycles. The summed E-state index contributed by atoms with van der Waals surface area (Å²) in [5.41, 5.74) is 2.03. The largest absolute Gasteiger partial charge is 0.497 e. The van der Waals surface area contributed by atoms with Gasteiger partial charge in [-0.25, -0.2) is 0 Å². The third-order valence-corrected chi connectivity index (χ3v) is 3.00. The molecule has 0 saturated heterocycles. The van der Waals surface area contributed by atoms with Gasteiger partial charge in [0.2, 0.25) is 0 Å². The minimum absolute atomic E-state index is 0.849. The number of aromatic nitrogens is 1. The molecule has 88 valence electrons. The van der Waals surface area contributed by atoms with Gasteiger partial charge in [-0.1, -0.05) is 36.4 Å². The van der Waals surface area contributed by atoms with Crippen LogP contribution >= 0.6 is 0 Å². The van der Waals surface area contributed by atoms with Gasteiger partial charge in [0.05, 0.1) is 12.8 Å². The summed E-state index contributed by atoms with van der Waals surface area (Å²) in [7, 11) is 1.67. The maximum atomic E-state index is 5.24. The number of methoxy groups -OCH3 is 1. The van der Waals surface area contributed by atoms with Crippen molar-refractivity contribution >= 4 is 10.8 Å².